The summed E-state index contributed by atoms with van der Waals surface area (Å²) in [5.74, 6) is -1.80. The number of anilines is 1. The van der Waals surface area contributed by atoms with Gasteiger partial charge >= 0.3 is 0 Å². The van der Waals surface area contributed by atoms with Crippen LogP contribution in [-0.4, -0.2) is 37.1 Å². The predicted molar refractivity (Wildman–Crippen MR) is 201 cm³/mol. The highest BCUT2D eigenvalue weighted by atomic mass is 32.2. The molecule has 0 radical (unpaired) electrons. The smallest absolute Gasteiger partial charge is 0.251 e. The molecule has 4 aromatic rings. The highest BCUT2D eigenvalue weighted by molar-refractivity contribution is 7.85. The van der Waals surface area contributed by atoms with Gasteiger partial charge in [0.05, 0.1) is 21.8 Å². The summed E-state index contributed by atoms with van der Waals surface area (Å²) in [7, 11) is -4.42. The number of amides is 2. The molecule has 0 saturated carbocycles. The number of carbonyl (C=O) groups excluding carboxylic acids is 2. The van der Waals surface area contributed by atoms with Crippen LogP contribution in [0.4, 0.5) is 5.69 Å². The predicted octanol–water partition coefficient (Wildman–Crippen LogP) is 8.48. The average Bonchev–Trinajstić information content (AvgIpc) is 3.07. The van der Waals surface area contributed by atoms with E-state index in [4.69, 9.17) is 0 Å². The van der Waals surface area contributed by atoms with Gasteiger partial charge in [0.2, 0.25) is 5.91 Å². The molecule has 0 heterocycles. The van der Waals surface area contributed by atoms with Gasteiger partial charge in [-0.2, -0.15) is 0 Å². The van der Waals surface area contributed by atoms with Crippen molar-refractivity contribution < 1.29 is 22.6 Å². The molecule has 0 bridgehead atoms. The lowest BCUT2D eigenvalue weighted by atomic mass is 9.77. The summed E-state index contributed by atoms with van der Waals surface area (Å²) in [6, 6.07) is 31.6. The van der Waals surface area contributed by atoms with Gasteiger partial charge in [0, 0.05) is 17.8 Å². The molecule has 262 valence electrons. The Bertz CT molecular complexity index is 1940. The lowest BCUT2D eigenvalue weighted by Crippen LogP contribution is -2.29. The van der Waals surface area contributed by atoms with E-state index < -0.39 is 27.7 Å². The molecule has 4 aromatic carbocycles. The fourth-order valence-electron chi connectivity index (χ4n) is 6.19. The summed E-state index contributed by atoms with van der Waals surface area (Å²) < 4.78 is 32.6. The summed E-state index contributed by atoms with van der Waals surface area (Å²) in [4.78, 5) is 26.5. The monoisotopic (exact) mass is 691 g/mol. The molecule has 5 rings (SSSR count). The van der Waals surface area contributed by atoms with E-state index in [1.54, 1.807) is 24.3 Å². The van der Waals surface area contributed by atoms with Crippen LogP contribution in [0.5, 0.6) is 0 Å². The summed E-state index contributed by atoms with van der Waals surface area (Å²) in [5.41, 5.74) is 9.13. The zero-order valence-corrected chi connectivity index (χ0v) is 30.4. The number of carbonyl (C=O) groups is 2. The molecule has 1 aliphatic rings. The molecule has 50 heavy (non-hydrogen) atoms. The Morgan fingerprint density at radius 2 is 1.40 bits per heavy atom. The lowest BCUT2D eigenvalue weighted by molar-refractivity contribution is -0.117. The maximum Gasteiger partial charge on any atom is 0.251 e. The van der Waals surface area contributed by atoms with Crippen LogP contribution in [0.25, 0.3) is 16.7 Å². The van der Waals surface area contributed by atoms with Gasteiger partial charge in [-0.1, -0.05) is 113 Å². The second-order valence-electron chi connectivity index (χ2n) is 15.1. The van der Waals surface area contributed by atoms with E-state index in [9.17, 15) is 22.6 Å². The first-order chi connectivity index (χ1) is 23.6. The fraction of sp³-hybridized carbons (Fsp3) is 0.333. The van der Waals surface area contributed by atoms with Crippen molar-refractivity contribution in [1.82, 2.24) is 5.32 Å². The Labute approximate surface area is 297 Å². The summed E-state index contributed by atoms with van der Waals surface area (Å²) >= 11 is 0. The Kier molecular flexibility index (Phi) is 11.1. The number of benzene rings is 4. The van der Waals surface area contributed by atoms with Crippen LogP contribution >= 0.6 is 0 Å². The second-order valence-corrected chi connectivity index (χ2v) is 16.6. The molecular formula is C42H47N2O5S-. The maximum absolute atomic E-state index is 14.0. The largest absolute Gasteiger partial charge is 0.748 e. The lowest BCUT2D eigenvalue weighted by Gasteiger charge is -2.28. The standard InChI is InChI=1S/C42H48N2O5S/c1-41(2,3)36-18-14-31(15-19-36)30-10-12-34(13-11-30)38(28-29-6-8-35(9-7-29)39(45)43-26-27-50(47,48)49)40(46)44-37-20-16-32(17-21-37)33-22-24-42(4,5)25-23-33/h6-22,38H,23-28H2,1-5H3,(H,43,45)(H,44,46)(H,47,48,49)/p-1/t38-/m1/s1. The highest BCUT2D eigenvalue weighted by Gasteiger charge is 2.24. The minimum atomic E-state index is -4.42. The van der Waals surface area contributed by atoms with Gasteiger partial charge < -0.3 is 15.2 Å². The van der Waals surface area contributed by atoms with Gasteiger partial charge in [-0.15, -0.1) is 0 Å². The molecule has 0 fully saturated rings. The maximum atomic E-state index is 14.0. The number of allylic oxidation sites excluding steroid dienone is 2. The van der Waals surface area contributed by atoms with Gasteiger partial charge in [-0.3, -0.25) is 9.59 Å². The van der Waals surface area contributed by atoms with Gasteiger partial charge in [-0.05, 0) is 99.7 Å². The van der Waals surface area contributed by atoms with E-state index in [-0.39, 0.29) is 17.9 Å². The van der Waals surface area contributed by atoms with E-state index in [0.717, 1.165) is 47.2 Å². The van der Waals surface area contributed by atoms with Crippen molar-refractivity contribution in [3.63, 3.8) is 0 Å². The topological polar surface area (TPSA) is 115 Å². The van der Waals surface area contributed by atoms with Crippen LogP contribution in [0.15, 0.2) is 103 Å². The number of nitrogens with one attached hydrogen (secondary N) is 2. The van der Waals surface area contributed by atoms with Crippen molar-refractivity contribution in [2.24, 2.45) is 5.41 Å². The van der Waals surface area contributed by atoms with E-state index >= 15 is 0 Å². The van der Waals surface area contributed by atoms with E-state index in [2.05, 4.69) is 87.7 Å². The summed E-state index contributed by atoms with van der Waals surface area (Å²) in [5, 5.41) is 5.60. The quantitative estimate of drug-likeness (QED) is 0.153. The molecule has 8 heteroatoms. The molecule has 0 saturated heterocycles. The van der Waals surface area contributed by atoms with Crippen LogP contribution < -0.4 is 10.6 Å². The Hall–Kier alpha value is -4.53. The van der Waals surface area contributed by atoms with Crippen LogP contribution in [-0.2, 0) is 26.7 Å². The third-order valence-corrected chi connectivity index (χ3v) is 10.2. The zero-order valence-electron chi connectivity index (χ0n) is 29.6. The summed E-state index contributed by atoms with van der Waals surface area (Å²) in [6.07, 6.45) is 5.97. The Morgan fingerprint density at radius 3 is 1.94 bits per heavy atom. The van der Waals surface area contributed by atoms with Gasteiger partial charge in [0.15, 0.2) is 0 Å². The molecule has 0 aromatic heterocycles. The zero-order chi connectivity index (χ0) is 36.1. The minimum absolute atomic E-state index is 0.0659. The first kappa shape index (κ1) is 36.7. The average molecular weight is 692 g/mol. The normalized spacial score (nSPS) is 15.1. The molecule has 0 spiro atoms. The molecular weight excluding hydrogens is 645 g/mol. The van der Waals surface area contributed by atoms with Crippen LogP contribution in [0, 0.1) is 5.41 Å². The molecule has 0 aliphatic heterocycles. The number of rotatable bonds is 11. The number of hydrogen-bond acceptors (Lipinski definition) is 5. The molecule has 1 atom stereocenters. The SMILES string of the molecule is CC1(C)CC=C(c2ccc(NC(=O)[C@H](Cc3ccc(C(=O)NCCS(=O)(=O)[O-])cc3)c3ccc(-c4ccc(C(C)(C)C)cc4)cc3)cc2)CC1. The van der Waals surface area contributed by atoms with Gasteiger partial charge in [0.25, 0.3) is 5.91 Å². The molecule has 1 aliphatic carbocycles. The van der Waals surface area contributed by atoms with Crippen molar-refractivity contribution in [2.45, 2.75) is 71.6 Å². The van der Waals surface area contributed by atoms with E-state index in [0.29, 0.717) is 17.4 Å². The van der Waals surface area contributed by atoms with Crippen molar-refractivity contribution in [3.05, 3.63) is 131 Å². The van der Waals surface area contributed by atoms with Crippen molar-refractivity contribution in [3.8, 4) is 11.1 Å². The molecule has 0 unspecified atom stereocenters. The fourth-order valence-corrected chi connectivity index (χ4v) is 6.54. The first-order valence-corrected chi connectivity index (χ1v) is 18.8. The minimum Gasteiger partial charge on any atom is -0.748 e. The first-order valence-electron chi connectivity index (χ1n) is 17.2. The van der Waals surface area contributed by atoms with E-state index in [1.165, 1.54) is 16.7 Å². The van der Waals surface area contributed by atoms with Crippen molar-refractivity contribution in [1.29, 1.82) is 0 Å². The number of hydrogen-bond donors (Lipinski definition) is 2. The van der Waals surface area contributed by atoms with Crippen LogP contribution in [0.2, 0.25) is 0 Å². The van der Waals surface area contributed by atoms with Gasteiger partial charge in [0.1, 0.15) is 0 Å². The van der Waals surface area contributed by atoms with Crippen LogP contribution in [0.3, 0.4) is 0 Å². The van der Waals surface area contributed by atoms with Crippen molar-refractivity contribution in [2.75, 3.05) is 17.6 Å². The van der Waals surface area contributed by atoms with Crippen molar-refractivity contribution >= 4 is 33.2 Å². The third kappa shape index (κ3) is 10.0. The van der Waals surface area contributed by atoms with E-state index in [1.807, 2.05) is 36.4 Å². The molecule has 2 amide bonds. The summed E-state index contributed by atoms with van der Waals surface area (Å²) in [6.45, 7) is 10.9. The van der Waals surface area contributed by atoms with Gasteiger partial charge in [-0.25, -0.2) is 8.42 Å². The molecule has 2 N–H and O–H groups in total. The third-order valence-electron chi connectivity index (χ3n) is 9.50. The molecule has 7 nitrogen and oxygen atoms in total. The second kappa shape index (κ2) is 15.2. The highest BCUT2D eigenvalue weighted by Crippen LogP contribution is 2.38. The Balaban J connectivity index is 1.35. The van der Waals surface area contributed by atoms with Crippen LogP contribution in [0.1, 0.15) is 92.4 Å². The Morgan fingerprint density at radius 1 is 0.820 bits per heavy atom.